The molecule has 2 atom stereocenters. The Hall–Kier alpha value is -1.67. The van der Waals surface area contributed by atoms with E-state index < -0.39 is 27.6 Å². The van der Waals surface area contributed by atoms with E-state index in [1.54, 1.807) is 17.0 Å². The summed E-state index contributed by atoms with van der Waals surface area (Å²) < 4.78 is 46.6. The van der Waals surface area contributed by atoms with Crippen LogP contribution < -0.4 is 0 Å². The van der Waals surface area contributed by atoms with E-state index in [0.29, 0.717) is 18.5 Å². The molecule has 0 bridgehead atoms. The summed E-state index contributed by atoms with van der Waals surface area (Å²) in [7, 11) is -3.61. The Morgan fingerprint density at radius 1 is 1.30 bits per heavy atom. The number of hydrogen-bond acceptors (Lipinski definition) is 5. The van der Waals surface area contributed by atoms with E-state index in [1.165, 1.54) is 12.1 Å². The summed E-state index contributed by atoms with van der Waals surface area (Å²) in [4.78, 5) is 14.4. The van der Waals surface area contributed by atoms with Gasteiger partial charge in [0, 0.05) is 25.4 Å². The molecule has 0 aliphatic carbocycles. The van der Waals surface area contributed by atoms with Crippen molar-refractivity contribution in [3.05, 3.63) is 35.6 Å². The van der Waals surface area contributed by atoms with Gasteiger partial charge in [0.2, 0.25) is 0 Å². The summed E-state index contributed by atoms with van der Waals surface area (Å²) >= 11 is 0. The fraction of sp³-hybridized carbons (Fsp3) is 0.632. The number of ether oxygens (including phenoxy) is 1. The second-order valence-electron chi connectivity index (χ2n) is 8.13. The third kappa shape index (κ3) is 5.42. The minimum atomic E-state index is -3.61. The zero-order chi connectivity index (χ0) is 20.5. The molecule has 8 heteroatoms. The van der Waals surface area contributed by atoms with E-state index in [0.717, 1.165) is 6.26 Å². The number of nitrogens with zero attached hydrogens (tertiary/aromatic N) is 1. The van der Waals surface area contributed by atoms with Crippen molar-refractivity contribution in [3.8, 4) is 0 Å². The minimum Gasteiger partial charge on any atom is -0.438 e. The van der Waals surface area contributed by atoms with Crippen LogP contribution in [0.15, 0.2) is 24.3 Å². The lowest BCUT2D eigenvalue weighted by Gasteiger charge is -2.46. The monoisotopic (exact) mass is 401 g/mol. The first-order valence-corrected chi connectivity index (χ1v) is 10.8. The third-order valence-electron chi connectivity index (χ3n) is 5.17. The van der Waals surface area contributed by atoms with Gasteiger partial charge in [-0.3, -0.25) is 4.18 Å². The van der Waals surface area contributed by atoms with Crippen LogP contribution in [0.25, 0.3) is 0 Å². The van der Waals surface area contributed by atoms with Crippen molar-refractivity contribution >= 4 is 16.2 Å². The molecule has 0 unspecified atom stereocenters. The van der Waals surface area contributed by atoms with Crippen LogP contribution in [-0.2, 0) is 24.6 Å². The lowest BCUT2D eigenvalue weighted by Crippen LogP contribution is -2.54. The summed E-state index contributed by atoms with van der Waals surface area (Å²) in [5.74, 6) is -0.397. The van der Waals surface area contributed by atoms with Crippen LogP contribution in [0.5, 0.6) is 0 Å². The molecule has 1 aromatic carbocycles. The molecule has 1 aromatic rings. The Labute approximate surface area is 160 Å². The molecule has 2 rings (SSSR count). The predicted molar refractivity (Wildman–Crippen MR) is 100 cm³/mol. The van der Waals surface area contributed by atoms with Gasteiger partial charge in [0.25, 0.3) is 10.1 Å². The molecule has 0 saturated carbocycles. The molecular formula is C19H28FNO5S. The number of hydrogen-bond donors (Lipinski definition) is 0. The maximum absolute atomic E-state index is 13.3. The van der Waals surface area contributed by atoms with Crippen molar-refractivity contribution in [3.63, 3.8) is 0 Å². The number of benzene rings is 1. The highest BCUT2D eigenvalue weighted by Crippen LogP contribution is 2.39. The van der Waals surface area contributed by atoms with Crippen LogP contribution in [0, 0.1) is 11.2 Å². The molecule has 0 N–H and O–H groups in total. The van der Waals surface area contributed by atoms with Crippen LogP contribution in [-0.4, -0.2) is 44.9 Å². The van der Waals surface area contributed by atoms with Crippen molar-refractivity contribution in [2.24, 2.45) is 5.41 Å². The molecule has 6 nitrogen and oxygen atoms in total. The molecule has 1 fully saturated rings. The molecule has 0 aromatic heterocycles. The van der Waals surface area contributed by atoms with Crippen molar-refractivity contribution in [2.45, 2.75) is 52.2 Å². The average Bonchev–Trinajstić information content (AvgIpc) is 2.53. The quantitative estimate of drug-likeness (QED) is 0.680. The number of halogens is 1. The Kier molecular flexibility index (Phi) is 6.21. The molecule has 1 amide bonds. The van der Waals surface area contributed by atoms with Crippen LogP contribution in [0.4, 0.5) is 9.18 Å². The first kappa shape index (κ1) is 21.6. The fourth-order valence-electron chi connectivity index (χ4n) is 3.12. The maximum atomic E-state index is 13.3. The largest absolute Gasteiger partial charge is 0.438 e. The van der Waals surface area contributed by atoms with Crippen molar-refractivity contribution < 1.29 is 26.5 Å². The fourth-order valence-corrected chi connectivity index (χ4v) is 3.51. The highest BCUT2D eigenvalue weighted by atomic mass is 32.2. The van der Waals surface area contributed by atoms with Gasteiger partial charge in [-0.2, -0.15) is 8.42 Å². The summed E-state index contributed by atoms with van der Waals surface area (Å²) in [6.07, 6.45) is 1.12. The number of rotatable bonds is 6. The van der Waals surface area contributed by atoms with E-state index in [1.807, 2.05) is 27.7 Å². The molecule has 0 radical (unpaired) electrons. The van der Waals surface area contributed by atoms with E-state index >= 15 is 0 Å². The molecule has 27 heavy (non-hydrogen) atoms. The van der Waals surface area contributed by atoms with Crippen molar-refractivity contribution in [2.75, 3.05) is 19.4 Å². The van der Waals surface area contributed by atoms with Gasteiger partial charge in [0.15, 0.2) is 0 Å². The average molecular weight is 402 g/mol. The molecule has 1 aliphatic rings. The molecular weight excluding hydrogens is 373 g/mol. The second-order valence-corrected chi connectivity index (χ2v) is 9.77. The van der Waals surface area contributed by atoms with Gasteiger partial charge in [-0.05, 0) is 30.0 Å². The Balaban J connectivity index is 2.27. The maximum Gasteiger partial charge on any atom is 0.410 e. The van der Waals surface area contributed by atoms with Crippen molar-refractivity contribution in [1.29, 1.82) is 0 Å². The van der Waals surface area contributed by atoms with E-state index in [4.69, 9.17) is 8.92 Å². The Morgan fingerprint density at radius 2 is 1.89 bits per heavy atom. The summed E-state index contributed by atoms with van der Waals surface area (Å²) in [5.41, 5.74) is -0.546. The van der Waals surface area contributed by atoms with E-state index in [-0.39, 0.29) is 24.5 Å². The zero-order valence-corrected chi connectivity index (χ0v) is 17.3. The third-order valence-corrected chi connectivity index (χ3v) is 5.76. The molecule has 1 aliphatic heterocycles. The first-order chi connectivity index (χ1) is 12.3. The van der Waals surface area contributed by atoms with Crippen LogP contribution >= 0.6 is 0 Å². The van der Waals surface area contributed by atoms with Gasteiger partial charge in [0.1, 0.15) is 11.4 Å². The molecule has 152 valence electrons. The van der Waals surface area contributed by atoms with Crippen molar-refractivity contribution in [1.82, 2.24) is 4.90 Å². The van der Waals surface area contributed by atoms with Gasteiger partial charge in [-0.1, -0.05) is 32.9 Å². The molecule has 0 spiro atoms. The topological polar surface area (TPSA) is 72.9 Å². The number of carbonyl (C=O) groups excluding carboxylic acids is 1. The van der Waals surface area contributed by atoms with Gasteiger partial charge < -0.3 is 9.64 Å². The van der Waals surface area contributed by atoms with Gasteiger partial charge in [-0.25, -0.2) is 9.18 Å². The molecule has 1 heterocycles. The highest BCUT2D eigenvalue weighted by Gasteiger charge is 2.44. The normalized spacial score (nSPS) is 22.4. The van der Waals surface area contributed by atoms with E-state index in [9.17, 15) is 17.6 Å². The minimum absolute atomic E-state index is 0.0384. The highest BCUT2D eigenvalue weighted by molar-refractivity contribution is 7.85. The number of amides is 1. The first-order valence-electron chi connectivity index (χ1n) is 8.94. The van der Waals surface area contributed by atoms with Crippen LogP contribution in [0.2, 0.25) is 0 Å². The smallest absolute Gasteiger partial charge is 0.410 e. The van der Waals surface area contributed by atoms with Crippen LogP contribution in [0.3, 0.4) is 0 Å². The Morgan fingerprint density at radius 3 is 2.37 bits per heavy atom. The summed E-state index contributed by atoms with van der Waals surface area (Å²) in [6.45, 7) is 8.44. The zero-order valence-electron chi connectivity index (χ0n) is 16.5. The number of carbonyl (C=O) groups is 1. The Bertz CT molecular complexity index is 772. The lowest BCUT2D eigenvalue weighted by molar-refractivity contribution is -0.0779. The van der Waals surface area contributed by atoms with Gasteiger partial charge in [-0.15, -0.1) is 0 Å². The summed E-state index contributed by atoms with van der Waals surface area (Å²) in [5, 5.41) is 0. The van der Waals surface area contributed by atoms with Gasteiger partial charge in [0.05, 0.1) is 12.9 Å². The lowest BCUT2D eigenvalue weighted by atomic mass is 9.83. The van der Waals surface area contributed by atoms with Gasteiger partial charge >= 0.3 is 6.09 Å². The van der Waals surface area contributed by atoms with E-state index in [2.05, 4.69) is 0 Å². The SMILES string of the molecule is C[C@H](N1CC[C@](CCOS(C)(=O)=O)(c2ccc(F)cc2)OC1=O)C(C)(C)C. The predicted octanol–water partition coefficient (Wildman–Crippen LogP) is 3.66. The van der Waals surface area contributed by atoms with Crippen LogP contribution in [0.1, 0.15) is 46.1 Å². The standard InChI is InChI=1S/C19H28FNO5S/c1-14(18(2,3)4)21-12-10-19(26-17(21)22,11-13-25-27(5,23)24)15-6-8-16(20)9-7-15/h6-9,14H,10-13H2,1-5H3/t14-,19-/m0/s1. The number of cyclic esters (lactones) is 1. The summed E-state index contributed by atoms with van der Waals surface area (Å²) in [6, 6.07) is 5.68. The molecule has 1 saturated heterocycles. The second kappa shape index (κ2) is 7.75.